The molecule has 0 saturated heterocycles. The average Bonchev–Trinajstić information content (AvgIpc) is 1.97. The Morgan fingerprint density at radius 1 is 1.40 bits per heavy atom. The molecular formula is C7H13ISe2. The summed E-state index contributed by atoms with van der Waals surface area (Å²) in [7, 11) is 0. The van der Waals surface area contributed by atoms with Crippen LogP contribution in [0.5, 0.6) is 0 Å². The molecule has 0 aliphatic heterocycles. The Kier molecular flexibility index (Phi) is 12.1. The van der Waals surface area contributed by atoms with Crippen molar-refractivity contribution < 1.29 is 0 Å². The van der Waals surface area contributed by atoms with Gasteiger partial charge in [-0.2, -0.15) is 0 Å². The predicted octanol–water partition coefficient (Wildman–Crippen LogP) is 2.82. The first-order valence-electron chi connectivity index (χ1n) is 3.45. The first-order chi connectivity index (χ1) is 4.91. The minimum absolute atomic E-state index is 0.849. The first-order valence-corrected chi connectivity index (χ1v) is 11.2. The van der Waals surface area contributed by atoms with Crippen LogP contribution in [0.3, 0.4) is 0 Å². The molecule has 0 unspecified atom stereocenters. The summed E-state index contributed by atoms with van der Waals surface area (Å²) in [5.41, 5.74) is 0. The first kappa shape index (κ1) is 11.5. The van der Waals surface area contributed by atoms with Crippen molar-refractivity contribution in [1.82, 2.24) is 0 Å². The van der Waals surface area contributed by atoms with Gasteiger partial charge >= 0.3 is 89.4 Å². The topological polar surface area (TPSA) is 0 Å². The fraction of sp³-hybridized carbons (Fsp3) is 0.714. The summed E-state index contributed by atoms with van der Waals surface area (Å²) in [6, 6.07) is 0. The molecule has 3 heteroatoms. The van der Waals surface area contributed by atoms with E-state index in [0.29, 0.717) is 0 Å². The van der Waals surface area contributed by atoms with Crippen LogP contribution in [0.2, 0.25) is 5.32 Å². The minimum atomic E-state index is 0.849. The van der Waals surface area contributed by atoms with Gasteiger partial charge in [-0.1, -0.05) is 0 Å². The molecule has 0 radical (unpaired) electrons. The van der Waals surface area contributed by atoms with E-state index in [9.17, 15) is 0 Å². The Hall–Kier alpha value is 1.51. The number of hydrogen-bond donors (Lipinski definition) is 0. The van der Waals surface area contributed by atoms with Crippen molar-refractivity contribution in [3.05, 3.63) is 9.06 Å². The Labute approximate surface area is 88.6 Å². The zero-order valence-corrected chi connectivity index (χ0v) is 11.8. The summed E-state index contributed by atoms with van der Waals surface area (Å²) in [6.45, 7) is 2.27. The van der Waals surface area contributed by atoms with Crippen LogP contribution in [0.1, 0.15) is 26.2 Å². The molecule has 0 atom stereocenters. The predicted molar refractivity (Wildman–Crippen MR) is 59.0 cm³/mol. The average molecular weight is 382 g/mol. The summed E-state index contributed by atoms with van der Waals surface area (Å²) in [6.07, 6.45) is 4.27. The van der Waals surface area contributed by atoms with Crippen LogP contribution in [0, 0.1) is 0 Å². The summed E-state index contributed by atoms with van der Waals surface area (Å²) < 4.78 is 2.15. The molecule has 0 saturated carbocycles. The molecule has 10 heavy (non-hydrogen) atoms. The Morgan fingerprint density at radius 3 is 2.80 bits per heavy atom. The van der Waals surface area contributed by atoms with E-state index in [1.165, 1.54) is 24.6 Å². The van der Waals surface area contributed by atoms with E-state index in [2.05, 4.69) is 38.6 Å². The third kappa shape index (κ3) is 9.51. The van der Waals surface area contributed by atoms with E-state index < -0.39 is 0 Å². The van der Waals surface area contributed by atoms with E-state index in [1.54, 1.807) is 0 Å². The van der Waals surface area contributed by atoms with Crippen molar-refractivity contribution in [2.45, 2.75) is 31.5 Å². The van der Waals surface area contributed by atoms with Gasteiger partial charge in [-0.15, -0.1) is 0 Å². The monoisotopic (exact) mass is 384 g/mol. The second-order valence-electron chi connectivity index (χ2n) is 1.89. The van der Waals surface area contributed by atoms with Crippen molar-refractivity contribution in [3.63, 3.8) is 0 Å². The summed E-state index contributed by atoms with van der Waals surface area (Å²) >= 11 is 4.10. The molecule has 0 fully saturated rings. The summed E-state index contributed by atoms with van der Waals surface area (Å²) in [5.74, 6) is 0. The molecule has 0 rings (SSSR count). The van der Waals surface area contributed by atoms with Crippen LogP contribution in [-0.4, -0.2) is 26.3 Å². The maximum absolute atomic E-state index is 2.33. The molecule has 0 N–H and O–H groups in total. The van der Waals surface area contributed by atoms with Gasteiger partial charge in [0.2, 0.25) is 0 Å². The zero-order chi connectivity index (χ0) is 7.66. The Bertz CT molecular complexity index is 83.7. The van der Waals surface area contributed by atoms with E-state index in [-0.39, 0.29) is 0 Å². The molecule has 0 nitrogen and oxygen atoms in total. The maximum atomic E-state index is 2.33. The second-order valence-corrected chi connectivity index (χ2v) is 9.60. The quantitative estimate of drug-likeness (QED) is 0.377. The van der Waals surface area contributed by atoms with Gasteiger partial charge in [0.25, 0.3) is 0 Å². The van der Waals surface area contributed by atoms with Gasteiger partial charge in [-0.05, 0) is 0 Å². The number of halogens is 1. The summed E-state index contributed by atoms with van der Waals surface area (Å²) in [4.78, 5) is 2.33. The van der Waals surface area contributed by atoms with Gasteiger partial charge in [0.05, 0.1) is 0 Å². The SMILES string of the molecule is CCCCC[Se][Se]/C=C/I. The molecule has 0 aromatic carbocycles. The molecule has 0 aromatic heterocycles. The van der Waals surface area contributed by atoms with E-state index >= 15 is 0 Å². The van der Waals surface area contributed by atoms with Crippen LogP contribution >= 0.6 is 22.6 Å². The van der Waals surface area contributed by atoms with Crippen molar-refractivity contribution in [2.75, 3.05) is 0 Å². The van der Waals surface area contributed by atoms with Gasteiger partial charge in [0.1, 0.15) is 0 Å². The Balaban J connectivity index is 2.77. The van der Waals surface area contributed by atoms with Crippen LogP contribution in [0.15, 0.2) is 9.06 Å². The van der Waals surface area contributed by atoms with Gasteiger partial charge in [-0.3, -0.25) is 0 Å². The van der Waals surface area contributed by atoms with Crippen molar-refractivity contribution in [3.8, 4) is 0 Å². The summed E-state index contributed by atoms with van der Waals surface area (Å²) in [5, 5.41) is 1.50. The number of rotatable bonds is 6. The normalized spacial score (nSPS) is 11.0. The van der Waals surface area contributed by atoms with Gasteiger partial charge in [-0.25, -0.2) is 0 Å². The number of hydrogen-bond acceptors (Lipinski definition) is 0. The van der Waals surface area contributed by atoms with Crippen LogP contribution < -0.4 is 0 Å². The van der Waals surface area contributed by atoms with Crippen LogP contribution in [0.4, 0.5) is 0 Å². The molecule has 0 spiro atoms. The van der Waals surface area contributed by atoms with E-state index in [4.69, 9.17) is 0 Å². The third-order valence-electron chi connectivity index (χ3n) is 1.01. The second kappa shape index (κ2) is 10.5. The van der Waals surface area contributed by atoms with Gasteiger partial charge in [0, 0.05) is 0 Å². The molecule has 0 heterocycles. The van der Waals surface area contributed by atoms with Crippen molar-refractivity contribution in [2.24, 2.45) is 0 Å². The fourth-order valence-electron chi connectivity index (χ4n) is 0.519. The van der Waals surface area contributed by atoms with E-state index in [0.717, 1.165) is 26.3 Å². The molecule has 60 valence electrons. The van der Waals surface area contributed by atoms with E-state index in [1.807, 2.05) is 0 Å². The zero-order valence-electron chi connectivity index (χ0n) is 6.18. The van der Waals surface area contributed by atoms with Crippen molar-refractivity contribution in [1.29, 1.82) is 0 Å². The van der Waals surface area contributed by atoms with Crippen LogP contribution in [-0.2, 0) is 0 Å². The molecular weight excluding hydrogens is 369 g/mol. The van der Waals surface area contributed by atoms with Crippen LogP contribution in [0.25, 0.3) is 0 Å². The molecule has 0 aromatic rings. The third-order valence-corrected chi connectivity index (χ3v) is 8.73. The fourth-order valence-corrected chi connectivity index (χ4v) is 8.53. The van der Waals surface area contributed by atoms with Crippen molar-refractivity contribution >= 4 is 48.9 Å². The van der Waals surface area contributed by atoms with Gasteiger partial charge in [0.15, 0.2) is 0 Å². The molecule has 0 aliphatic carbocycles. The Morgan fingerprint density at radius 2 is 2.20 bits per heavy atom. The molecule has 0 amide bonds. The number of unbranched alkanes of at least 4 members (excludes halogenated alkanes) is 2. The standard InChI is InChI=1S/C7H13ISe2/c1-2-3-4-6-9-10-7-5-8/h5,7H,2-4,6H2,1H3/b7-5+. The molecule has 0 aliphatic rings. The van der Waals surface area contributed by atoms with Gasteiger partial charge < -0.3 is 0 Å². The molecule has 0 bridgehead atoms.